The Morgan fingerprint density at radius 1 is 1.05 bits per heavy atom. The van der Waals surface area contributed by atoms with Crippen LogP contribution in [0.15, 0.2) is 54.6 Å². The normalized spacial score (nSPS) is 25.6. The lowest BCUT2D eigenvalue weighted by Gasteiger charge is -2.28. The molecule has 1 aliphatic heterocycles. The first kappa shape index (κ1) is 29.1. The van der Waals surface area contributed by atoms with E-state index in [-0.39, 0.29) is 36.2 Å². The molecule has 2 aromatic rings. The minimum Gasteiger partial charge on any atom is -0.447 e. The van der Waals surface area contributed by atoms with Gasteiger partial charge in [0.1, 0.15) is 6.61 Å². The number of nitrogens with zero attached hydrogens (tertiary/aromatic N) is 1. The molecule has 1 heterocycles. The van der Waals surface area contributed by atoms with Crippen molar-refractivity contribution in [3.8, 4) is 0 Å². The van der Waals surface area contributed by atoms with E-state index in [9.17, 15) is 19.5 Å². The molecule has 2 bridgehead atoms. The van der Waals surface area contributed by atoms with E-state index in [4.69, 9.17) is 4.74 Å². The number of cyclic esters (lactones) is 1. The topological polar surface area (TPSA) is 108 Å². The van der Waals surface area contributed by atoms with Crippen LogP contribution in [-0.2, 0) is 16.0 Å². The SMILES string of the molecule is CC(C)[C@H]1COC(=O)N1c1cccc(C(=O)N[C@@H](Cc2ccccc2)[C@H](O)C[C@@H](C)C(=O)NC2CC3CCC2C3)c1. The minimum absolute atomic E-state index is 0.0312. The molecule has 41 heavy (non-hydrogen) atoms. The number of aliphatic hydroxyl groups is 1. The van der Waals surface area contributed by atoms with Gasteiger partial charge in [0.25, 0.3) is 5.91 Å². The number of nitrogens with one attached hydrogen (secondary N) is 2. The molecule has 3 fully saturated rings. The molecule has 0 radical (unpaired) electrons. The van der Waals surface area contributed by atoms with Crippen molar-refractivity contribution in [1.29, 1.82) is 0 Å². The summed E-state index contributed by atoms with van der Waals surface area (Å²) in [6, 6.07) is 16.2. The fourth-order valence-electron chi connectivity index (χ4n) is 6.80. The van der Waals surface area contributed by atoms with Gasteiger partial charge in [-0.3, -0.25) is 14.5 Å². The molecule has 220 valence electrons. The van der Waals surface area contributed by atoms with Gasteiger partial charge >= 0.3 is 6.09 Å². The van der Waals surface area contributed by atoms with Crippen molar-refractivity contribution < 1.29 is 24.2 Å². The van der Waals surface area contributed by atoms with Gasteiger partial charge in [-0.15, -0.1) is 0 Å². The van der Waals surface area contributed by atoms with Gasteiger partial charge in [-0.25, -0.2) is 4.79 Å². The summed E-state index contributed by atoms with van der Waals surface area (Å²) in [5, 5.41) is 17.6. The molecule has 0 aromatic heterocycles. The number of benzene rings is 2. The molecule has 2 aromatic carbocycles. The molecule has 5 rings (SSSR count). The van der Waals surface area contributed by atoms with E-state index in [0.29, 0.717) is 30.2 Å². The standard InChI is InChI=1S/C33H43N3O5/c1-20(2)29-19-41-33(40)36(29)26-11-7-10-25(18-26)32(39)35-28(16-22-8-5-4-6-9-22)30(37)14-21(3)31(38)34-27-17-23-12-13-24(27)15-23/h4-11,18,20-21,23-24,27-30,37H,12-17,19H2,1-3H3,(H,34,38)(H,35,39)/t21-,23?,24?,27?,28+,29-,30-/m1/s1. The zero-order valence-corrected chi connectivity index (χ0v) is 24.3. The van der Waals surface area contributed by atoms with Gasteiger partial charge in [0.15, 0.2) is 0 Å². The van der Waals surface area contributed by atoms with Crippen LogP contribution in [0.1, 0.15) is 68.8 Å². The third-order valence-corrected chi connectivity index (χ3v) is 9.25. The Labute approximate surface area is 242 Å². The number of anilines is 1. The van der Waals surface area contributed by atoms with Gasteiger partial charge < -0.3 is 20.5 Å². The Bertz CT molecular complexity index is 1230. The van der Waals surface area contributed by atoms with Crippen LogP contribution in [-0.4, -0.2) is 53.9 Å². The maximum atomic E-state index is 13.5. The molecular weight excluding hydrogens is 518 g/mol. The third kappa shape index (κ3) is 6.75. The van der Waals surface area contributed by atoms with Crippen molar-refractivity contribution in [1.82, 2.24) is 10.6 Å². The second-order valence-electron chi connectivity index (χ2n) is 12.6. The monoisotopic (exact) mass is 561 g/mol. The van der Waals surface area contributed by atoms with E-state index in [0.717, 1.165) is 17.9 Å². The Kier molecular flexibility index (Phi) is 8.97. The summed E-state index contributed by atoms with van der Waals surface area (Å²) in [6.07, 6.45) is 4.04. The fraction of sp³-hybridized carbons (Fsp3) is 0.545. The fourth-order valence-corrected chi connectivity index (χ4v) is 6.80. The van der Waals surface area contributed by atoms with Gasteiger partial charge in [0, 0.05) is 23.2 Å². The van der Waals surface area contributed by atoms with E-state index in [1.165, 1.54) is 19.3 Å². The van der Waals surface area contributed by atoms with Gasteiger partial charge in [0.2, 0.25) is 5.91 Å². The summed E-state index contributed by atoms with van der Waals surface area (Å²) < 4.78 is 5.29. The average molecular weight is 562 g/mol. The summed E-state index contributed by atoms with van der Waals surface area (Å²) in [4.78, 5) is 40.6. The van der Waals surface area contributed by atoms with Gasteiger partial charge in [-0.05, 0) is 73.6 Å². The zero-order valence-electron chi connectivity index (χ0n) is 24.3. The Balaban J connectivity index is 1.27. The summed E-state index contributed by atoms with van der Waals surface area (Å²) in [5.41, 5.74) is 1.96. The number of aliphatic hydroxyl groups excluding tert-OH is 1. The molecule has 3 amide bonds. The molecule has 7 atom stereocenters. The average Bonchev–Trinajstić information content (AvgIpc) is 3.69. The van der Waals surface area contributed by atoms with Crippen LogP contribution >= 0.6 is 0 Å². The Morgan fingerprint density at radius 3 is 2.51 bits per heavy atom. The van der Waals surface area contributed by atoms with Crippen molar-refractivity contribution in [2.45, 2.75) is 83.5 Å². The Morgan fingerprint density at radius 2 is 1.83 bits per heavy atom. The van der Waals surface area contributed by atoms with Crippen LogP contribution in [0.3, 0.4) is 0 Å². The van der Waals surface area contributed by atoms with Crippen molar-refractivity contribution in [3.05, 3.63) is 65.7 Å². The van der Waals surface area contributed by atoms with E-state index < -0.39 is 24.2 Å². The number of amides is 3. The lowest BCUT2D eigenvalue weighted by molar-refractivity contribution is -0.126. The van der Waals surface area contributed by atoms with E-state index in [1.54, 1.807) is 29.2 Å². The summed E-state index contributed by atoms with van der Waals surface area (Å²) in [5.74, 6) is 0.739. The molecule has 3 N–H and O–H groups in total. The number of carbonyl (C=O) groups is 3. The molecule has 2 saturated carbocycles. The molecule has 8 heteroatoms. The molecule has 8 nitrogen and oxygen atoms in total. The first-order chi connectivity index (χ1) is 19.7. The summed E-state index contributed by atoms with van der Waals surface area (Å²) >= 11 is 0. The zero-order chi connectivity index (χ0) is 29.1. The van der Waals surface area contributed by atoms with Crippen molar-refractivity contribution in [2.75, 3.05) is 11.5 Å². The van der Waals surface area contributed by atoms with Crippen LogP contribution < -0.4 is 15.5 Å². The second-order valence-corrected chi connectivity index (χ2v) is 12.6. The highest BCUT2D eigenvalue weighted by Gasteiger charge is 2.41. The van der Waals surface area contributed by atoms with E-state index in [2.05, 4.69) is 10.6 Å². The number of ether oxygens (including phenoxy) is 1. The number of rotatable bonds is 11. The molecule has 1 saturated heterocycles. The van der Waals surface area contributed by atoms with Gasteiger partial charge in [-0.2, -0.15) is 0 Å². The lowest BCUT2D eigenvalue weighted by atomic mass is 9.91. The maximum absolute atomic E-state index is 13.5. The number of hydrogen-bond donors (Lipinski definition) is 3. The Hall–Kier alpha value is -3.39. The van der Waals surface area contributed by atoms with Crippen molar-refractivity contribution in [3.63, 3.8) is 0 Å². The van der Waals surface area contributed by atoms with Crippen LogP contribution in [0, 0.1) is 23.7 Å². The van der Waals surface area contributed by atoms with E-state index >= 15 is 0 Å². The van der Waals surface area contributed by atoms with Crippen LogP contribution in [0.2, 0.25) is 0 Å². The largest absolute Gasteiger partial charge is 0.447 e. The highest BCUT2D eigenvalue weighted by molar-refractivity contribution is 5.97. The first-order valence-electron chi connectivity index (χ1n) is 15.1. The van der Waals surface area contributed by atoms with E-state index in [1.807, 2.05) is 51.1 Å². The highest BCUT2D eigenvalue weighted by atomic mass is 16.6. The predicted octanol–water partition coefficient (Wildman–Crippen LogP) is 4.70. The molecule has 3 aliphatic rings. The molecule has 3 unspecified atom stereocenters. The first-order valence-corrected chi connectivity index (χ1v) is 15.1. The van der Waals surface area contributed by atoms with Crippen molar-refractivity contribution >= 4 is 23.6 Å². The number of carbonyl (C=O) groups excluding carboxylic acids is 3. The van der Waals surface area contributed by atoms with Crippen LogP contribution in [0.25, 0.3) is 0 Å². The lowest BCUT2D eigenvalue weighted by Crippen LogP contribution is -2.47. The van der Waals surface area contributed by atoms with Crippen molar-refractivity contribution in [2.24, 2.45) is 23.7 Å². The smallest absolute Gasteiger partial charge is 0.414 e. The minimum atomic E-state index is -0.929. The summed E-state index contributed by atoms with van der Waals surface area (Å²) in [7, 11) is 0. The third-order valence-electron chi connectivity index (χ3n) is 9.25. The molecule has 0 spiro atoms. The van der Waals surface area contributed by atoms with Crippen LogP contribution in [0.5, 0.6) is 0 Å². The number of fused-ring (bicyclic) bond motifs is 2. The summed E-state index contributed by atoms with van der Waals surface area (Å²) in [6.45, 7) is 6.22. The molecular formula is C33H43N3O5. The predicted molar refractivity (Wildman–Crippen MR) is 157 cm³/mol. The van der Waals surface area contributed by atoms with Gasteiger partial charge in [-0.1, -0.05) is 63.6 Å². The molecule has 2 aliphatic carbocycles. The van der Waals surface area contributed by atoms with Gasteiger partial charge in [0.05, 0.1) is 18.2 Å². The van der Waals surface area contributed by atoms with Crippen LogP contribution in [0.4, 0.5) is 10.5 Å². The number of hydrogen-bond acceptors (Lipinski definition) is 5. The highest BCUT2D eigenvalue weighted by Crippen LogP contribution is 2.44. The maximum Gasteiger partial charge on any atom is 0.414 e. The quantitative estimate of drug-likeness (QED) is 0.369. The second kappa shape index (κ2) is 12.6.